The van der Waals surface area contributed by atoms with Crippen molar-refractivity contribution in [2.75, 3.05) is 11.9 Å². The van der Waals surface area contributed by atoms with E-state index in [4.69, 9.17) is 4.74 Å². The van der Waals surface area contributed by atoms with E-state index in [1.54, 1.807) is 0 Å². The zero-order valence-electron chi connectivity index (χ0n) is 14.5. The first-order valence-corrected chi connectivity index (χ1v) is 9.75. The van der Waals surface area contributed by atoms with E-state index in [0.29, 0.717) is 0 Å². The molecule has 0 bridgehead atoms. The Hall–Kier alpha value is -2.98. The summed E-state index contributed by atoms with van der Waals surface area (Å²) in [7, 11) is 0. The van der Waals surface area contributed by atoms with Crippen LogP contribution >= 0.6 is 11.8 Å². The average Bonchev–Trinajstić information content (AvgIpc) is 2.73. The second-order valence-corrected chi connectivity index (χ2v) is 7.74. The van der Waals surface area contributed by atoms with Gasteiger partial charge in [-0.3, -0.25) is 4.79 Å². The van der Waals surface area contributed by atoms with Gasteiger partial charge in [-0.15, -0.1) is 11.8 Å². The molecule has 27 heavy (non-hydrogen) atoms. The number of hydrogen-bond acceptors (Lipinski definition) is 3. The Morgan fingerprint density at radius 3 is 2.67 bits per heavy atom. The largest absolute Gasteiger partial charge is 0.482 e. The van der Waals surface area contributed by atoms with Crippen LogP contribution in [0.25, 0.3) is 11.6 Å². The maximum Gasteiger partial charge on any atom is 0.262 e. The van der Waals surface area contributed by atoms with Crippen molar-refractivity contribution in [2.45, 2.75) is 10.1 Å². The maximum absolute atomic E-state index is 11.7. The average molecular weight is 371 g/mol. The van der Waals surface area contributed by atoms with Crippen LogP contribution in [0.4, 0.5) is 5.69 Å². The Morgan fingerprint density at radius 2 is 1.78 bits per heavy atom. The fourth-order valence-electron chi connectivity index (χ4n) is 3.51. The second kappa shape index (κ2) is 6.63. The van der Waals surface area contributed by atoms with Crippen LogP contribution in [0.3, 0.4) is 0 Å². The molecule has 0 aliphatic carbocycles. The lowest BCUT2D eigenvalue weighted by Gasteiger charge is -2.27. The van der Waals surface area contributed by atoms with E-state index in [0.717, 1.165) is 17.0 Å². The SMILES string of the molecule is O=C1COc2ccc(C3=Cc4ccccc4S[C@H]3c3ccccc3)cc2N1. The zero-order valence-corrected chi connectivity index (χ0v) is 15.3. The van der Waals surface area contributed by atoms with Gasteiger partial charge >= 0.3 is 0 Å². The number of ether oxygens (including phenoxy) is 1. The van der Waals surface area contributed by atoms with Crippen molar-refractivity contribution in [2.24, 2.45) is 0 Å². The van der Waals surface area contributed by atoms with Gasteiger partial charge in [-0.25, -0.2) is 0 Å². The molecular formula is C23H17NO2S. The first kappa shape index (κ1) is 16.2. The van der Waals surface area contributed by atoms with E-state index in [2.05, 4.69) is 66.0 Å². The molecule has 2 aliphatic rings. The van der Waals surface area contributed by atoms with Gasteiger partial charge in [0.25, 0.3) is 5.91 Å². The van der Waals surface area contributed by atoms with Crippen molar-refractivity contribution >= 4 is 35.0 Å². The summed E-state index contributed by atoms with van der Waals surface area (Å²) < 4.78 is 5.51. The van der Waals surface area contributed by atoms with E-state index < -0.39 is 0 Å². The molecule has 5 rings (SSSR count). The fourth-order valence-corrected chi connectivity index (χ4v) is 4.81. The smallest absolute Gasteiger partial charge is 0.262 e. The van der Waals surface area contributed by atoms with Gasteiger partial charge in [0, 0.05) is 4.90 Å². The van der Waals surface area contributed by atoms with Gasteiger partial charge in [0.05, 0.1) is 10.9 Å². The molecule has 0 saturated heterocycles. The van der Waals surface area contributed by atoms with Crippen LogP contribution in [-0.2, 0) is 4.79 Å². The van der Waals surface area contributed by atoms with Crippen LogP contribution in [0.2, 0.25) is 0 Å². The number of carbonyl (C=O) groups excluding carboxylic acids is 1. The summed E-state index contributed by atoms with van der Waals surface area (Å²) in [6.07, 6.45) is 2.26. The molecule has 0 saturated carbocycles. The summed E-state index contributed by atoms with van der Waals surface area (Å²) in [5.74, 6) is 0.607. The highest BCUT2D eigenvalue weighted by atomic mass is 32.2. The summed E-state index contributed by atoms with van der Waals surface area (Å²) in [5, 5.41) is 3.11. The molecule has 1 N–H and O–H groups in total. The quantitative estimate of drug-likeness (QED) is 0.655. The van der Waals surface area contributed by atoms with Gasteiger partial charge in [-0.05, 0) is 46.5 Å². The van der Waals surface area contributed by atoms with Gasteiger partial charge < -0.3 is 10.1 Å². The molecule has 3 nitrogen and oxygen atoms in total. The number of carbonyl (C=O) groups is 1. The lowest BCUT2D eigenvalue weighted by atomic mass is 9.94. The fraction of sp³-hybridized carbons (Fsp3) is 0.0870. The molecule has 0 unspecified atom stereocenters. The molecule has 3 aromatic rings. The van der Waals surface area contributed by atoms with Gasteiger partial charge in [0.2, 0.25) is 0 Å². The van der Waals surface area contributed by atoms with Crippen molar-refractivity contribution in [3.8, 4) is 5.75 Å². The lowest BCUT2D eigenvalue weighted by Crippen LogP contribution is -2.25. The third-order valence-electron chi connectivity index (χ3n) is 4.81. The monoisotopic (exact) mass is 371 g/mol. The zero-order chi connectivity index (χ0) is 18.2. The molecule has 0 fully saturated rings. The number of amides is 1. The van der Waals surface area contributed by atoms with E-state index in [9.17, 15) is 4.79 Å². The Balaban J connectivity index is 1.64. The molecule has 132 valence electrons. The van der Waals surface area contributed by atoms with Gasteiger partial charge in [0.15, 0.2) is 6.61 Å². The number of benzene rings is 3. The number of thioether (sulfide) groups is 1. The Kier molecular flexibility index (Phi) is 3.98. The Morgan fingerprint density at radius 1 is 0.963 bits per heavy atom. The van der Waals surface area contributed by atoms with Crippen LogP contribution in [0.15, 0.2) is 77.7 Å². The van der Waals surface area contributed by atoms with Crippen molar-refractivity contribution in [3.05, 3.63) is 89.5 Å². The molecule has 2 aliphatic heterocycles. The molecule has 0 radical (unpaired) electrons. The molecule has 1 amide bonds. The predicted molar refractivity (Wildman–Crippen MR) is 110 cm³/mol. The first-order valence-electron chi connectivity index (χ1n) is 8.87. The Bertz CT molecular complexity index is 1060. The van der Waals surface area contributed by atoms with Crippen molar-refractivity contribution < 1.29 is 9.53 Å². The second-order valence-electron chi connectivity index (χ2n) is 6.59. The minimum Gasteiger partial charge on any atom is -0.482 e. The molecule has 2 heterocycles. The summed E-state index contributed by atoms with van der Waals surface area (Å²) in [6.45, 7) is 0.0743. The summed E-state index contributed by atoms with van der Waals surface area (Å²) >= 11 is 1.86. The lowest BCUT2D eigenvalue weighted by molar-refractivity contribution is -0.118. The first-order chi connectivity index (χ1) is 13.3. The van der Waals surface area contributed by atoms with Crippen LogP contribution < -0.4 is 10.1 Å². The van der Waals surface area contributed by atoms with Crippen molar-refractivity contribution in [1.82, 2.24) is 0 Å². The highest BCUT2D eigenvalue weighted by Crippen LogP contribution is 2.51. The standard InChI is InChI=1S/C23H17NO2S/c25-22-14-26-20-11-10-16(13-19(20)24-22)18-12-17-8-4-5-9-21(17)27-23(18)15-6-2-1-3-7-15/h1-13,23H,14H2,(H,24,25)/t23-/m0/s1. The number of hydrogen-bond donors (Lipinski definition) is 1. The third-order valence-corrected chi connectivity index (χ3v) is 6.19. The number of nitrogens with one attached hydrogen (secondary N) is 1. The highest BCUT2D eigenvalue weighted by molar-refractivity contribution is 8.00. The summed E-state index contributed by atoms with van der Waals surface area (Å²) in [6, 6.07) is 25.0. The third kappa shape index (κ3) is 3.02. The van der Waals surface area contributed by atoms with Gasteiger partial charge in [-0.1, -0.05) is 54.6 Å². The Labute approximate surface area is 162 Å². The summed E-state index contributed by atoms with van der Waals surface area (Å²) in [4.78, 5) is 13.0. The minimum atomic E-state index is -0.114. The maximum atomic E-state index is 11.7. The summed E-state index contributed by atoms with van der Waals surface area (Å²) in [5.41, 5.74) is 5.55. The molecule has 4 heteroatoms. The number of anilines is 1. The van der Waals surface area contributed by atoms with Crippen LogP contribution in [0.5, 0.6) is 5.75 Å². The van der Waals surface area contributed by atoms with E-state index >= 15 is 0 Å². The highest BCUT2D eigenvalue weighted by Gasteiger charge is 2.26. The molecule has 1 atom stereocenters. The van der Waals surface area contributed by atoms with Crippen molar-refractivity contribution in [1.29, 1.82) is 0 Å². The normalized spacial score (nSPS) is 17.9. The van der Waals surface area contributed by atoms with Crippen LogP contribution in [0.1, 0.15) is 21.9 Å². The van der Waals surface area contributed by atoms with Gasteiger partial charge in [-0.2, -0.15) is 0 Å². The topological polar surface area (TPSA) is 38.3 Å². The molecule has 0 spiro atoms. The number of rotatable bonds is 2. The van der Waals surface area contributed by atoms with E-state index in [1.807, 2.05) is 30.0 Å². The van der Waals surface area contributed by atoms with Gasteiger partial charge in [0.1, 0.15) is 5.75 Å². The molecule has 3 aromatic carbocycles. The van der Waals surface area contributed by atoms with Crippen molar-refractivity contribution in [3.63, 3.8) is 0 Å². The number of fused-ring (bicyclic) bond motifs is 2. The van der Waals surface area contributed by atoms with E-state index in [-0.39, 0.29) is 17.8 Å². The van der Waals surface area contributed by atoms with Crippen LogP contribution in [0, 0.1) is 0 Å². The molecule has 0 aromatic heterocycles. The predicted octanol–water partition coefficient (Wildman–Crippen LogP) is 5.41. The minimum absolute atomic E-state index is 0.0743. The van der Waals surface area contributed by atoms with E-state index in [1.165, 1.54) is 21.6 Å². The van der Waals surface area contributed by atoms with Crippen LogP contribution in [-0.4, -0.2) is 12.5 Å². The molecular weight excluding hydrogens is 354 g/mol.